The Labute approximate surface area is 93.4 Å². The van der Waals surface area contributed by atoms with Crippen LogP contribution in [0, 0.1) is 0 Å². The zero-order chi connectivity index (χ0) is 11.6. The van der Waals surface area contributed by atoms with Gasteiger partial charge in [0.1, 0.15) is 0 Å². The first-order valence-electron chi connectivity index (χ1n) is 5.25. The molecule has 0 saturated carbocycles. The Hall–Kier alpha value is -1.56. The number of nitrogens with zero attached hydrogens (tertiary/aromatic N) is 1. The van der Waals surface area contributed by atoms with Gasteiger partial charge in [0.15, 0.2) is 5.82 Å². The normalized spacial score (nSPS) is 24.4. The van der Waals surface area contributed by atoms with Gasteiger partial charge in [-0.1, -0.05) is 0 Å². The molecule has 1 aliphatic rings. The number of aromatic nitrogens is 2. The molecule has 0 aromatic carbocycles. The molecular formula is C10H16N4O2. The summed E-state index contributed by atoms with van der Waals surface area (Å²) in [4.78, 5) is 18.1. The Kier molecular flexibility index (Phi) is 2.82. The van der Waals surface area contributed by atoms with Gasteiger partial charge in [0, 0.05) is 12.1 Å². The molecule has 0 radical (unpaired) electrons. The maximum atomic E-state index is 11.5. The van der Waals surface area contributed by atoms with Crippen LogP contribution < -0.4 is 20.9 Å². The van der Waals surface area contributed by atoms with Crippen LogP contribution in [0.1, 0.15) is 13.3 Å². The molecule has 1 unspecified atom stereocenters. The Morgan fingerprint density at radius 3 is 3.06 bits per heavy atom. The van der Waals surface area contributed by atoms with Crippen LogP contribution in [0.5, 0.6) is 5.75 Å². The van der Waals surface area contributed by atoms with Crippen LogP contribution in [0.2, 0.25) is 0 Å². The molecule has 0 aliphatic carbocycles. The third-order valence-corrected chi connectivity index (χ3v) is 2.80. The lowest BCUT2D eigenvalue weighted by atomic mass is 10.0. The van der Waals surface area contributed by atoms with Crippen molar-refractivity contribution in [1.82, 2.24) is 15.3 Å². The molecule has 1 fully saturated rings. The Morgan fingerprint density at radius 1 is 1.62 bits per heavy atom. The fourth-order valence-electron chi connectivity index (χ4n) is 1.88. The molecule has 3 N–H and O–H groups in total. The molecule has 2 heterocycles. The van der Waals surface area contributed by atoms with Gasteiger partial charge >= 0.3 is 0 Å². The number of nitrogens with one attached hydrogen (secondary N) is 3. The van der Waals surface area contributed by atoms with E-state index in [4.69, 9.17) is 4.74 Å². The van der Waals surface area contributed by atoms with Crippen molar-refractivity contribution in [2.24, 2.45) is 0 Å². The Bertz CT molecular complexity index is 423. The van der Waals surface area contributed by atoms with Crippen LogP contribution in [-0.4, -0.2) is 35.7 Å². The van der Waals surface area contributed by atoms with Gasteiger partial charge < -0.3 is 20.4 Å². The van der Waals surface area contributed by atoms with Crippen molar-refractivity contribution in [3.8, 4) is 5.75 Å². The van der Waals surface area contributed by atoms with E-state index < -0.39 is 0 Å². The number of rotatable bonds is 3. The van der Waals surface area contributed by atoms with Crippen molar-refractivity contribution < 1.29 is 4.74 Å². The van der Waals surface area contributed by atoms with Crippen LogP contribution in [0.3, 0.4) is 0 Å². The minimum atomic E-state index is -0.269. The largest absolute Gasteiger partial charge is 0.489 e. The topological polar surface area (TPSA) is 79.0 Å². The van der Waals surface area contributed by atoms with E-state index in [0.717, 1.165) is 19.5 Å². The molecular weight excluding hydrogens is 208 g/mol. The predicted octanol–water partition coefficient (Wildman–Crippen LogP) is -0.0576. The zero-order valence-corrected chi connectivity index (χ0v) is 9.46. The van der Waals surface area contributed by atoms with Crippen molar-refractivity contribution in [3.63, 3.8) is 0 Å². The maximum absolute atomic E-state index is 11.5. The second-order valence-corrected chi connectivity index (χ2v) is 4.23. The number of hydrogen-bond donors (Lipinski definition) is 3. The van der Waals surface area contributed by atoms with Crippen LogP contribution in [0.4, 0.5) is 5.82 Å². The van der Waals surface area contributed by atoms with Gasteiger partial charge in [-0.15, -0.1) is 0 Å². The average Bonchev–Trinajstić information content (AvgIpc) is 2.65. The van der Waals surface area contributed by atoms with Gasteiger partial charge in [0.05, 0.1) is 13.4 Å². The second-order valence-electron chi connectivity index (χ2n) is 4.23. The fraction of sp³-hybridized carbons (Fsp3) is 0.600. The highest BCUT2D eigenvalue weighted by Gasteiger charge is 2.29. The number of methoxy groups -OCH3 is 1. The third kappa shape index (κ3) is 2.01. The SMILES string of the molecule is COc1c(NC2(C)CCNC2)nc[nH]c1=O. The molecule has 0 amide bonds. The lowest BCUT2D eigenvalue weighted by molar-refractivity contribution is 0.405. The molecule has 2 rings (SSSR count). The summed E-state index contributed by atoms with van der Waals surface area (Å²) >= 11 is 0. The number of aromatic amines is 1. The van der Waals surface area contributed by atoms with Crippen molar-refractivity contribution in [2.45, 2.75) is 18.9 Å². The van der Waals surface area contributed by atoms with E-state index in [1.54, 1.807) is 0 Å². The molecule has 6 heteroatoms. The van der Waals surface area contributed by atoms with Gasteiger partial charge in [-0.2, -0.15) is 0 Å². The number of hydrogen-bond acceptors (Lipinski definition) is 5. The Morgan fingerprint density at radius 2 is 2.44 bits per heavy atom. The van der Waals surface area contributed by atoms with Crippen molar-refractivity contribution in [1.29, 1.82) is 0 Å². The molecule has 1 aliphatic heterocycles. The minimum absolute atomic E-state index is 0.0753. The molecule has 0 bridgehead atoms. The summed E-state index contributed by atoms with van der Waals surface area (Å²) in [5.74, 6) is 0.730. The van der Waals surface area contributed by atoms with Crippen molar-refractivity contribution >= 4 is 5.82 Å². The number of anilines is 1. The van der Waals surface area contributed by atoms with Gasteiger partial charge in [-0.05, 0) is 19.9 Å². The third-order valence-electron chi connectivity index (χ3n) is 2.80. The number of ether oxygens (including phenoxy) is 1. The van der Waals surface area contributed by atoms with E-state index in [9.17, 15) is 4.79 Å². The van der Waals surface area contributed by atoms with E-state index in [-0.39, 0.29) is 16.8 Å². The van der Waals surface area contributed by atoms with Gasteiger partial charge in [-0.3, -0.25) is 4.79 Å². The summed E-state index contributed by atoms with van der Waals surface area (Å²) in [7, 11) is 1.46. The molecule has 1 atom stereocenters. The van der Waals surface area contributed by atoms with Crippen LogP contribution in [0.15, 0.2) is 11.1 Å². The van der Waals surface area contributed by atoms with Crippen LogP contribution >= 0.6 is 0 Å². The first-order chi connectivity index (χ1) is 7.64. The predicted molar refractivity (Wildman–Crippen MR) is 60.9 cm³/mol. The highest BCUT2D eigenvalue weighted by Crippen LogP contribution is 2.23. The molecule has 1 aromatic rings. The van der Waals surface area contributed by atoms with Gasteiger partial charge in [0.2, 0.25) is 5.75 Å². The number of H-pyrrole nitrogens is 1. The smallest absolute Gasteiger partial charge is 0.295 e. The lowest BCUT2D eigenvalue weighted by Crippen LogP contribution is -2.37. The van der Waals surface area contributed by atoms with Crippen LogP contribution in [0.25, 0.3) is 0 Å². The molecule has 16 heavy (non-hydrogen) atoms. The first kappa shape index (κ1) is 10.9. The van der Waals surface area contributed by atoms with E-state index in [1.807, 2.05) is 0 Å². The highest BCUT2D eigenvalue weighted by molar-refractivity contribution is 5.50. The zero-order valence-electron chi connectivity index (χ0n) is 9.46. The van der Waals surface area contributed by atoms with E-state index >= 15 is 0 Å². The van der Waals surface area contributed by atoms with Gasteiger partial charge in [-0.25, -0.2) is 4.98 Å². The molecule has 88 valence electrons. The summed E-state index contributed by atoms with van der Waals surface area (Å²) in [6.45, 7) is 3.91. The maximum Gasteiger partial charge on any atom is 0.295 e. The summed E-state index contributed by atoms with van der Waals surface area (Å²) in [5, 5.41) is 6.53. The molecule has 6 nitrogen and oxygen atoms in total. The average molecular weight is 224 g/mol. The van der Waals surface area contributed by atoms with E-state index in [2.05, 4.69) is 27.5 Å². The molecule has 0 spiro atoms. The second kappa shape index (κ2) is 4.13. The molecule has 1 aromatic heterocycles. The summed E-state index contributed by atoms with van der Waals surface area (Å²) in [5.41, 5.74) is -0.344. The van der Waals surface area contributed by atoms with Crippen LogP contribution in [-0.2, 0) is 0 Å². The standard InChI is InChI=1S/C10H16N4O2/c1-10(3-4-11-5-10)14-8-7(16-2)9(15)13-6-12-8/h6,11H,3-5H2,1-2H3,(H2,12,13,14,15). The summed E-state index contributed by atoms with van der Waals surface area (Å²) < 4.78 is 5.04. The first-order valence-corrected chi connectivity index (χ1v) is 5.25. The monoisotopic (exact) mass is 224 g/mol. The lowest BCUT2D eigenvalue weighted by Gasteiger charge is -2.25. The highest BCUT2D eigenvalue weighted by atomic mass is 16.5. The van der Waals surface area contributed by atoms with Crippen molar-refractivity contribution in [2.75, 3.05) is 25.5 Å². The van der Waals surface area contributed by atoms with E-state index in [0.29, 0.717) is 5.82 Å². The van der Waals surface area contributed by atoms with Gasteiger partial charge in [0.25, 0.3) is 5.56 Å². The quantitative estimate of drug-likeness (QED) is 0.670. The summed E-state index contributed by atoms with van der Waals surface area (Å²) in [6.07, 6.45) is 2.36. The van der Waals surface area contributed by atoms with E-state index in [1.165, 1.54) is 13.4 Å². The molecule has 1 saturated heterocycles. The Balaban J connectivity index is 2.27. The fourth-order valence-corrected chi connectivity index (χ4v) is 1.88. The van der Waals surface area contributed by atoms with Crippen molar-refractivity contribution in [3.05, 3.63) is 16.7 Å². The summed E-state index contributed by atoms with van der Waals surface area (Å²) in [6, 6.07) is 0. The minimum Gasteiger partial charge on any atom is -0.489 e.